The molecule has 0 aliphatic rings. The van der Waals surface area contributed by atoms with Gasteiger partial charge in [0.15, 0.2) is 0 Å². The lowest BCUT2D eigenvalue weighted by Gasteiger charge is -2.05. The Labute approximate surface area is 118 Å². The molecule has 1 unspecified atom stereocenters. The lowest BCUT2D eigenvalue weighted by molar-refractivity contribution is -0.144. The fraction of sp³-hybridized carbons (Fsp3) is 0.583. The Balaban J connectivity index is -0.0000000976. The van der Waals surface area contributed by atoms with Gasteiger partial charge in [-0.1, -0.05) is 6.08 Å². The van der Waals surface area contributed by atoms with E-state index in [1.165, 1.54) is 6.92 Å². The predicted octanol–water partition coefficient (Wildman–Crippen LogP) is 0.277. The van der Waals surface area contributed by atoms with Gasteiger partial charge in [0, 0.05) is 20.8 Å². The Bertz CT molecular complexity index is 242. The van der Waals surface area contributed by atoms with E-state index in [9.17, 15) is 4.79 Å². The minimum Gasteiger partial charge on any atom is -0.481 e. The third-order valence-electron chi connectivity index (χ3n) is 0.690. The minimum atomic E-state index is -0.950. The van der Waals surface area contributed by atoms with Crippen molar-refractivity contribution < 1.29 is 39.5 Å². The highest BCUT2D eigenvalue weighted by Crippen LogP contribution is 1.82. The molecule has 0 aromatic rings. The molecule has 120 valence electrons. The highest BCUT2D eigenvalue weighted by atomic mass is 16.5. The number of esters is 1. The van der Waals surface area contributed by atoms with Crippen LogP contribution >= 0.6 is 0 Å². The molecule has 1 atom stereocenters. The number of aliphatic carboxylic acids is 2. The van der Waals surface area contributed by atoms with Gasteiger partial charge in [0.2, 0.25) is 0 Å². The third kappa shape index (κ3) is 142. The van der Waals surface area contributed by atoms with Crippen molar-refractivity contribution in [3.8, 4) is 0 Å². The van der Waals surface area contributed by atoms with Crippen molar-refractivity contribution in [3.05, 3.63) is 12.7 Å². The highest BCUT2D eigenvalue weighted by molar-refractivity contribution is 5.65. The van der Waals surface area contributed by atoms with Crippen LogP contribution < -0.4 is 0 Å². The number of carbonyl (C=O) groups excluding carboxylic acids is 1. The van der Waals surface area contributed by atoms with Crippen LogP contribution in [0.25, 0.3) is 0 Å². The molecule has 0 amide bonds. The SMILES string of the molecule is C=CC.CC(=O)O.CC(=O)O.CC(=O)OCC(O)CO. The zero-order chi connectivity index (χ0) is 17.1. The summed E-state index contributed by atoms with van der Waals surface area (Å²) in [5.41, 5.74) is 0. The van der Waals surface area contributed by atoms with Crippen LogP contribution in [0.5, 0.6) is 0 Å². The van der Waals surface area contributed by atoms with Crippen LogP contribution in [0.4, 0.5) is 0 Å². The van der Waals surface area contributed by atoms with Crippen LogP contribution in [0, 0.1) is 0 Å². The number of rotatable bonds is 3. The molecule has 0 aromatic heterocycles. The molecule has 0 rings (SSSR count). The van der Waals surface area contributed by atoms with Crippen molar-refractivity contribution in [3.63, 3.8) is 0 Å². The van der Waals surface area contributed by atoms with Crippen molar-refractivity contribution in [1.29, 1.82) is 0 Å². The minimum absolute atomic E-state index is 0.133. The summed E-state index contributed by atoms with van der Waals surface area (Å²) in [5, 5.41) is 31.6. The summed E-state index contributed by atoms with van der Waals surface area (Å²) in [6.07, 6.45) is 0.800. The van der Waals surface area contributed by atoms with Crippen LogP contribution in [0.3, 0.4) is 0 Å². The van der Waals surface area contributed by atoms with Crippen molar-refractivity contribution in [2.75, 3.05) is 13.2 Å². The second-order valence-corrected chi connectivity index (χ2v) is 3.09. The average Bonchev–Trinajstić information content (AvgIpc) is 2.25. The Morgan fingerprint density at radius 1 is 1.15 bits per heavy atom. The summed E-state index contributed by atoms with van der Waals surface area (Å²) >= 11 is 0. The highest BCUT2D eigenvalue weighted by Gasteiger charge is 2.02. The Morgan fingerprint density at radius 3 is 1.55 bits per heavy atom. The van der Waals surface area contributed by atoms with Gasteiger partial charge in [-0.15, -0.1) is 6.58 Å². The van der Waals surface area contributed by atoms with Crippen LogP contribution in [-0.2, 0) is 19.1 Å². The number of carboxylic acids is 2. The van der Waals surface area contributed by atoms with Crippen molar-refractivity contribution in [2.24, 2.45) is 0 Å². The molecule has 0 fully saturated rings. The van der Waals surface area contributed by atoms with Gasteiger partial charge < -0.3 is 25.2 Å². The maximum absolute atomic E-state index is 10.0. The number of hydrogen-bond acceptors (Lipinski definition) is 6. The molecule has 0 heterocycles. The molecule has 20 heavy (non-hydrogen) atoms. The quantitative estimate of drug-likeness (QED) is 0.429. The molecule has 0 radical (unpaired) electrons. The number of carbonyl (C=O) groups is 3. The Hall–Kier alpha value is -1.93. The smallest absolute Gasteiger partial charge is 0.302 e. The van der Waals surface area contributed by atoms with Crippen LogP contribution in [0.2, 0.25) is 0 Å². The summed E-state index contributed by atoms with van der Waals surface area (Å²) in [4.78, 5) is 28.0. The normalized spacial score (nSPS) is 8.90. The molecule has 8 heteroatoms. The average molecular weight is 296 g/mol. The summed E-state index contributed by atoms with van der Waals surface area (Å²) in [6, 6.07) is 0. The Kier molecular flexibility index (Phi) is 29.6. The molecule has 0 spiro atoms. The van der Waals surface area contributed by atoms with E-state index < -0.39 is 24.0 Å². The van der Waals surface area contributed by atoms with Gasteiger partial charge in [0.1, 0.15) is 12.7 Å². The van der Waals surface area contributed by atoms with E-state index in [-0.39, 0.29) is 13.2 Å². The van der Waals surface area contributed by atoms with Crippen LogP contribution in [0.15, 0.2) is 12.7 Å². The standard InChI is InChI=1S/C5H10O4.C3H6.2C2H4O2/c1-4(7)9-3-5(8)2-6;1-3-2;2*1-2(3)4/h5-6,8H,2-3H2,1H3;3H,1H2,2H3;2*1H3,(H,3,4). The monoisotopic (exact) mass is 296 g/mol. The summed E-state index contributed by atoms with van der Waals surface area (Å²) in [5.74, 6) is -2.12. The third-order valence-corrected chi connectivity index (χ3v) is 0.690. The van der Waals surface area contributed by atoms with Gasteiger partial charge >= 0.3 is 5.97 Å². The second-order valence-electron chi connectivity index (χ2n) is 3.09. The number of carboxylic acid groups (broad SMARTS) is 2. The molecule has 0 aliphatic carbocycles. The number of allylic oxidation sites excluding steroid dienone is 1. The maximum atomic E-state index is 10.0. The molecular weight excluding hydrogens is 272 g/mol. The van der Waals surface area contributed by atoms with Crippen molar-refractivity contribution in [2.45, 2.75) is 33.8 Å². The number of hydrogen-bond donors (Lipinski definition) is 4. The summed E-state index contributed by atoms with van der Waals surface area (Å²) in [7, 11) is 0. The van der Waals surface area contributed by atoms with Gasteiger partial charge in [-0.3, -0.25) is 14.4 Å². The van der Waals surface area contributed by atoms with Crippen molar-refractivity contribution >= 4 is 17.9 Å². The first-order valence-corrected chi connectivity index (χ1v) is 5.43. The van der Waals surface area contributed by atoms with E-state index in [0.29, 0.717) is 0 Å². The maximum Gasteiger partial charge on any atom is 0.302 e. The topological polar surface area (TPSA) is 141 Å². The molecule has 0 saturated carbocycles. The lowest BCUT2D eigenvalue weighted by Crippen LogP contribution is -2.20. The molecule has 0 aromatic carbocycles. The van der Waals surface area contributed by atoms with Gasteiger partial charge in [0.25, 0.3) is 11.9 Å². The largest absolute Gasteiger partial charge is 0.481 e. The van der Waals surface area contributed by atoms with E-state index >= 15 is 0 Å². The number of aliphatic hydroxyl groups is 2. The lowest BCUT2D eigenvalue weighted by atomic mass is 10.4. The molecule has 0 saturated heterocycles. The predicted molar refractivity (Wildman–Crippen MR) is 72.2 cm³/mol. The van der Waals surface area contributed by atoms with E-state index in [1.54, 1.807) is 6.08 Å². The van der Waals surface area contributed by atoms with Gasteiger partial charge in [-0.05, 0) is 6.92 Å². The molecule has 0 aliphatic heterocycles. The van der Waals surface area contributed by atoms with E-state index in [4.69, 9.17) is 30.0 Å². The number of aliphatic hydroxyl groups excluding tert-OH is 2. The van der Waals surface area contributed by atoms with Crippen LogP contribution in [-0.4, -0.2) is 57.7 Å². The van der Waals surface area contributed by atoms with Gasteiger partial charge in [-0.25, -0.2) is 0 Å². The second kappa shape index (κ2) is 22.3. The van der Waals surface area contributed by atoms with Crippen LogP contribution in [0.1, 0.15) is 27.7 Å². The van der Waals surface area contributed by atoms with Crippen molar-refractivity contribution in [1.82, 2.24) is 0 Å². The first kappa shape index (κ1) is 26.6. The summed E-state index contributed by atoms with van der Waals surface area (Å²) in [6.45, 7) is 8.14. The fourth-order valence-corrected chi connectivity index (χ4v) is 0.266. The molecule has 8 nitrogen and oxygen atoms in total. The number of ether oxygens (including phenoxy) is 1. The van der Waals surface area contributed by atoms with E-state index in [1.807, 2.05) is 6.92 Å². The zero-order valence-electron chi connectivity index (χ0n) is 12.2. The van der Waals surface area contributed by atoms with Gasteiger partial charge in [-0.2, -0.15) is 0 Å². The zero-order valence-corrected chi connectivity index (χ0v) is 12.2. The van der Waals surface area contributed by atoms with E-state index in [0.717, 1.165) is 13.8 Å². The Morgan fingerprint density at radius 2 is 1.40 bits per heavy atom. The molecule has 4 N–H and O–H groups in total. The molecule has 0 bridgehead atoms. The first-order valence-electron chi connectivity index (χ1n) is 5.43. The molecular formula is C12H24O8. The van der Waals surface area contributed by atoms with E-state index in [2.05, 4.69) is 11.3 Å². The first-order chi connectivity index (χ1) is 9.04. The summed E-state index contributed by atoms with van der Waals surface area (Å²) < 4.78 is 4.35. The van der Waals surface area contributed by atoms with Gasteiger partial charge in [0.05, 0.1) is 6.61 Å². The fourth-order valence-electron chi connectivity index (χ4n) is 0.266.